The minimum atomic E-state index is -0.452. The lowest BCUT2D eigenvalue weighted by molar-refractivity contribution is -0.389. The van der Waals surface area contributed by atoms with Gasteiger partial charge in [-0.2, -0.15) is 0 Å². The van der Waals surface area contributed by atoms with Gasteiger partial charge in [-0.1, -0.05) is 6.42 Å². The first-order chi connectivity index (χ1) is 16.2. The van der Waals surface area contributed by atoms with Gasteiger partial charge in [-0.05, 0) is 86.1 Å². The fourth-order valence-corrected chi connectivity index (χ4v) is 5.14. The van der Waals surface area contributed by atoms with Gasteiger partial charge < -0.3 is 24.8 Å². The van der Waals surface area contributed by atoms with E-state index in [0.29, 0.717) is 6.04 Å². The van der Waals surface area contributed by atoms with Crippen molar-refractivity contribution in [2.24, 2.45) is 0 Å². The van der Waals surface area contributed by atoms with Crippen molar-refractivity contribution in [3.05, 3.63) is 53.0 Å². The maximum absolute atomic E-state index is 10.6. The van der Waals surface area contributed by atoms with Crippen molar-refractivity contribution in [1.82, 2.24) is 14.9 Å². The molecule has 3 saturated heterocycles. The summed E-state index contributed by atoms with van der Waals surface area (Å²) in [5, 5.41) is 10.6. The average Bonchev–Trinajstić information content (AvgIpc) is 2.91. The largest absolute Gasteiger partial charge is 0.370 e. The molecule has 0 unspecified atom stereocenters. The second-order valence-corrected chi connectivity index (χ2v) is 9.21. The fraction of sp³-hybridized carbons (Fsp3) is 0.600. The number of piperidine rings is 3. The Bertz CT molecular complexity index is 843. The van der Waals surface area contributed by atoms with Crippen LogP contribution in [-0.4, -0.2) is 65.1 Å². The minimum Gasteiger partial charge on any atom is -0.370 e. The normalized spacial score (nSPS) is 20.1. The number of likely N-dealkylation sites (tertiary alicyclic amines) is 1. The number of aromatic nitrogens is 2. The van der Waals surface area contributed by atoms with Crippen molar-refractivity contribution in [2.45, 2.75) is 57.4 Å². The van der Waals surface area contributed by atoms with Gasteiger partial charge in [0.2, 0.25) is 0 Å². The molecule has 2 aromatic rings. The van der Waals surface area contributed by atoms with Gasteiger partial charge in [0.05, 0.1) is 17.6 Å². The Morgan fingerprint density at radius 3 is 2.00 bits per heavy atom. The predicted molar refractivity (Wildman–Crippen MR) is 132 cm³/mol. The zero-order valence-electron chi connectivity index (χ0n) is 19.5. The van der Waals surface area contributed by atoms with Crippen LogP contribution in [0.4, 0.5) is 17.2 Å². The van der Waals surface area contributed by atoms with Crippen LogP contribution in [0.15, 0.2) is 42.9 Å². The molecule has 0 aromatic carbocycles. The first-order valence-corrected chi connectivity index (χ1v) is 12.4. The molecule has 0 bridgehead atoms. The molecule has 0 radical (unpaired) electrons. The van der Waals surface area contributed by atoms with Crippen LogP contribution in [0, 0.1) is 10.1 Å². The van der Waals surface area contributed by atoms with Crippen LogP contribution in [0.2, 0.25) is 0 Å². The molecule has 0 spiro atoms. The van der Waals surface area contributed by atoms with Crippen LogP contribution < -0.4 is 9.80 Å². The van der Waals surface area contributed by atoms with E-state index < -0.39 is 4.92 Å². The molecule has 3 aliphatic rings. The van der Waals surface area contributed by atoms with Crippen molar-refractivity contribution in [2.75, 3.05) is 49.1 Å². The smallest absolute Gasteiger partial charge is 0.363 e. The summed E-state index contributed by atoms with van der Waals surface area (Å²) in [7, 11) is 0. The number of nitro groups is 1. The molecular formula is C25H36N6O2. The highest BCUT2D eigenvalue weighted by molar-refractivity contribution is 5.47. The quantitative estimate of drug-likeness (QED) is 0.499. The lowest BCUT2D eigenvalue weighted by atomic mass is 9.99. The Morgan fingerprint density at radius 2 is 1.42 bits per heavy atom. The van der Waals surface area contributed by atoms with E-state index in [2.05, 4.69) is 30.7 Å². The van der Waals surface area contributed by atoms with Gasteiger partial charge in [-0.15, -0.1) is 0 Å². The molecule has 0 N–H and O–H groups in total. The molecule has 0 aliphatic carbocycles. The Hall–Kier alpha value is -2.74. The molecule has 0 amide bonds. The minimum absolute atomic E-state index is 0.0815. The molecule has 0 saturated carbocycles. The second-order valence-electron chi connectivity index (χ2n) is 9.21. The lowest BCUT2D eigenvalue weighted by Crippen LogP contribution is -2.46. The molecule has 0 atom stereocenters. The highest BCUT2D eigenvalue weighted by atomic mass is 16.6. The summed E-state index contributed by atoms with van der Waals surface area (Å²) >= 11 is 0. The molecule has 5 heterocycles. The van der Waals surface area contributed by atoms with Gasteiger partial charge in [-0.25, -0.2) is 0 Å². The molecule has 3 aliphatic heterocycles. The van der Waals surface area contributed by atoms with Crippen molar-refractivity contribution >= 4 is 17.2 Å². The van der Waals surface area contributed by atoms with E-state index in [9.17, 15) is 10.1 Å². The Morgan fingerprint density at radius 1 is 0.788 bits per heavy atom. The van der Waals surface area contributed by atoms with E-state index in [4.69, 9.17) is 0 Å². The third kappa shape index (κ3) is 6.63. The Balaban J connectivity index is 0.000000183. The summed E-state index contributed by atoms with van der Waals surface area (Å²) in [6.45, 7) is 6.94. The van der Waals surface area contributed by atoms with Crippen molar-refractivity contribution in [3.63, 3.8) is 0 Å². The van der Waals surface area contributed by atoms with Gasteiger partial charge in [0.1, 0.15) is 0 Å². The number of anilines is 2. The van der Waals surface area contributed by atoms with E-state index in [1.54, 1.807) is 6.20 Å². The van der Waals surface area contributed by atoms with Crippen molar-refractivity contribution < 1.29 is 4.92 Å². The van der Waals surface area contributed by atoms with E-state index in [1.165, 1.54) is 89.3 Å². The Labute approximate surface area is 196 Å². The van der Waals surface area contributed by atoms with Crippen LogP contribution in [-0.2, 0) is 0 Å². The number of nitrogens with zero attached hydrogens (tertiary/aromatic N) is 6. The molecule has 5 rings (SSSR count). The third-order valence-corrected chi connectivity index (χ3v) is 7.02. The topological polar surface area (TPSA) is 78.6 Å². The summed E-state index contributed by atoms with van der Waals surface area (Å²) in [4.78, 5) is 25.6. The highest BCUT2D eigenvalue weighted by Gasteiger charge is 2.26. The summed E-state index contributed by atoms with van der Waals surface area (Å²) < 4.78 is 0. The van der Waals surface area contributed by atoms with Gasteiger partial charge in [-0.3, -0.25) is 4.98 Å². The number of hydrogen-bond donors (Lipinski definition) is 0. The lowest BCUT2D eigenvalue weighted by Gasteiger charge is -2.40. The number of hydrogen-bond acceptors (Lipinski definition) is 7. The summed E-state index contributed by atoms with van der Waals surface area (Å²) in [6, 6.07) is 8.16. The predicted octanol–water partition coefficient (Wildman–Crippen LogP) is 4.52. The third-order valence-electron chi connectivity index (χ3n) is 7.02. The number of rotatable bonds is 4. The maximum atomic E-state index is 10.6. The summed E-state index contributed by atoms with van der Waals surface area (Å²) in [5.41, 5.74) is 2.27. The zero-order chi connectivity index (χ0) is 22.9. The molecule has 2 aromatic heterocycles. The van der Waals surface area contributed by atoms with Gasteiger partial charge >= 0.3 is 5.82 Å². The maximum Gasteiger partial charge on any atom is 0.363 e. The fourth-order valence-electron chi connectivity index (χ4n) is 5.14. The Kier molecular flexibility index (Phi) is 8.47. The first-order valence-electron chi connectivity index (χ1n) is 12.4. The molecule has 33 heavy (non-hydrogen) atoms. The van der Waals surface area contributed by atoms with E-state index in [0.717, 1.165) is 18.8 Å². The first kappa shape index (κ1) is 23.4. The van der Waals surface area contributed by atoms with Crippen molar-refractivity contribution in [3.8, 4) is 0 Å². The van der Waals surface area contributed by atoms with Crippen LogP contribution >= 0.6 is 0 Å². The van der Waals surface area contributed by atoms with E-state index in [1.807, 2.05) is 24.5 Å². The van der Waals surface area contributed by atoms with E-state index >= 15 is 0 Å². The second kappa shape index (κ2) is 11.9. The van der Waals surface area contributed by atoms with Crippen LogP contribution in [0.5, 0.6) is 0 Å². The van der Waals surface area contributed by atoms with Gasteiger partial charge in [0.25, 0.3) is 0 Å². The SMILES string of the molecule is O=[N+]([O-])c1ccc(N2CCC(N3CCCCC3)CC2)cn1.c1cncc(N2CCCCC2)c1. The molecule has 8 heteroatoms. The highest BCUT2D eigenvalue weighted by Crippen LogP contribution is 2.25. The van der Waals surface area contributed by atoms with Crippen LogP contribution in [0.25, 0.3) is 0 Å². The van der Waals surface area contributed by atoms with Crippen LogP contribution in [0.3, 0.4) is 0 Å². The standard InChI is InChI=1S/C15H22N4O2.C10H14N2/c20-19(21)15-5-4-14(12-16-15)18-10-6-13(7-11-18)17-8-2-1-3-9-17;1-2-7-12(8-3-1)10-5-4-6-11-9-10/h4-5,12-13H,1-3,6-11H2;4-6,9H,1-3,7-8H2. The molecular weight excluding hydrogens is 416 g/mol. The van der Waals surface area contributed by atoms with Crippen LogP contribution in [0.1, 0.15) is 51.4 Å². The summed E-state index contributed by atoms with van der Waals surface area (Å²) in [5.74, 6) is -0.0815. The van der Waals surface area contributed by atoms with Gasteiger partial charge in [0, 0.05) is 44.5 Å². The zero-order valence-corrected chi connectivity index (χ0v) is 19.5. The molecule has 8 nitrogen and oxygen atoms in total. The van der Waals surface area contributed by atoms with Gasteiger partial charge in [0.15, 0.2) is 6.20 Å². The van der Waals surface area contributed by atoms with Crippen molar-refractivity contribution in [1.29, 1.82) is 0 Å². The number of pyridine rings is 2. The summed E-state index contributed by atoms with van der Waals surface area (Å²) in [6.07, 6.45) is 15.9. The monoisotopic (exact) mass is 452 g/mol. The average molecular weight is 453 g/mol. The molecule has 3 fully saturated rings. The molecule has 178 valence electrons. The van der Waals surface area contributed by atoms with E-state index in [-0.39, 0.29) is 5.82 Å².